The first-order chi connectivity index (χ1) is 20.2. The fraction of sp³-hybridized carbons (Fsp3) is 0.400. The van der Waals surface area contributed by atoms with Gasteiger partial charge in [-0.1, -0.05) is 12.5 Å². The minimum absolute atomic E-state index is 0.00800. The highest BCUT2D eigenvalue weighted by molar-refractivity contribution is 6.32. The van der Waals surface area contributed by atoms with Gasteiger partial charge in [-0.3, -0.25) is 19.3 Å². The van der Waals surface area contributed by atoms with Crippen LogP contribution in [0.1, 0.15) is 59.7 Å². The highest BCUT2D eigenvalue weighted by atomic mass is 19.4. The molecule has 3 amide bonds. The van der Waals surface area contributed by atoms with Crippen LogP contribution in [0.4, 0.5) is 32.0 Å². The van der Waals surface area contributed by atoms with Gasteiger partial charge < -0.3 is 4.90 Å². The van der Waals surface area contributed by atoms with Crippen molar-refractivity contribution in [2.45, 2.75) is 45.0 Å². The van der Waals surface area contributed by atoms with E-state index in [2.05, 4.69) is 4.90 Å². The summed E-state index contributed by atoms with van der Waals surface area (Å²) < 4.78 is 79.1. The van der Waals surface area contributed by atoms with Crippen LogP contribution in [0, 0.1) is 11.3 Å². The van der Waals surface area contributed by atoms with E-state index >= 15 is 0 Å². The van der Waals surface area contributed by atoms with Crippen LogP contribution in [0.5, 0.6) is 0 Å². The zero-order chi connectivity index (χ0) is 31.5. The lowest BCUT2D eigenvalue weighted by molar-refractivity contribution is -0.138. The van der Waals surface area contributed by atoms with E-state index in [-0.39, 0.29) is 28.8 Å². The van der Waals surface area contributed by atoms with Gasteiger partial charge in [0.15, 0.2) is 0 Å². The summed E-state index contributed by atoms with van der Waals surface area (Å²) in [5.41, 5.74) is -2.55. The van der Waals surface area contributed by atoms with Crippen LogP contribution < -0.4 is 4.90 Å². The van der Waals surface area contributed by atoms with Crippen molar-refractivity contribution in [1.82, 2.24) is 9.80 Å². The molecule has 0 bridgehead atoms. The Labute approximate surface area is 244 Å². The molecule has 13 heteroatoms. The molecule has 2 aliphatic heterocycles. The van der Waals surface area contributed by atoms with Gasteiger partial charge in [0, 0.05) is 42.9 Å². The molecule has 7 nitrogen and oxygen atoms in total. The molecule has 0 saturated carbocycles. The van der Waals surface area contributed by atoms with Gasteiger partial charge >= 0.3 is 12.4 Å². The van der Waals surface area contributed by atoms with Gasteiger partial charge in [0.25, 0.3) is 17.7 Å². The fourth-order valence-corrected chi connectivity index (χ4v) is 5.22. The van der Waals surface area contributed by atoms with Crippen molar-refractivity contribution in [3.8, 4) is 6.07 Å². The Hall–Kier alpha value is -4.18. The third-order valence-electron chi connectivity index (χ3n) is 7.62. The minimum atomic E-state index is -4.83. The number of imide groups is 1. The van der Waals surface area contributed by atoms with E-state index in [1.54, 1.807) is 0 Å². The maximum absolute atomic E-state index is 13.4. The number of piperazine rings is 1. The average Bonchev–Trinajstić information content (AvgIpc) is 3.18. The maximum atomic E-state index is 13.4. The molecule has 1 saturated heterocycles. The second-order valence-electron chi connectivity index (χ2n) is 10.4. The van der Waals surface area contributed by atoms with E-state index in [1.807, 2.05) is 0 Å². The van der Waals surface area contributed by atoms with Crippen molar-refractivity contribution in [3.05, 3.63) is 75.9 Å². The summed E-state index contributed by atoms with van der Waals surface area (Å²) >= 11 is 0. The van der Waals surface area contributed by atoms with Crippen molar-refractivity contribution in [1.29, 1.82) is 5.26 Å². The van der Waals surface area contributed by atoms with E-state index in [0.717, 1.165) is 30.7 Å². The quantitative estimate of drug-likeness (QED) is 0.215. The number of unbranched alkanes of at least 4 members (excludes halogenated alkanes) is 2. The SMILES string of the molecule is CC1=C(CCCCCN2CCN(C(=O)c3cccc(C(F)(F)F)c3)CC2)C(=O)N(c2ccc(C#N)c(C(F)(F)F)c2)C1=O. The molecular formula is C30H28F6N4O3. The van der Waals surface area contributed by atoms with Crippen LogP contribution in [0.15, 0.2) is 53.6 Å². The average molecular weight is 607 g/mol. The minimum Gasteiger partial charge on any atom is -0.336 e. The van der Waals surface area contributed by atoms with Crippen LogP contribution >= 0.6 is 0 Å². The van der Waals surface area contributed by atoms with Crippen molar-refractivity contribution in [2.24, 2.45) is 0 Å². The number of hydrogen-bond acceptors (Lipinski definition) is 5. The fourth-order valence-electron chi connectivity index (χ4n) is 5.22. The van der Waals surface area contributed by atoms with Gasteiger partial charge in [0.2, 0.25) is 0 Å². The normalized spacial score (nSPS) is 16.7. The molecule has 1 fully saturated rings. The molecule has 0 atom stereocenters. The Morgan fingerprint density at radius 1 is 0.884 bits per heavy atom. The number of benzene rings is 2. The third-order valence-corrected chi connectivity index (χ3v) is 7.62. The topological polar surface area (TPSA) is 84.7 Å². The smallest absolute Gasteiger partial charge is 0.336 e. The van der Waals surface area contributed by atoms with Crippen molar-refractivity contribution in [2.75, 3.05) is 37.6 Å². The molecule has 0 radical (unpaired) electrons. The van der Waals surface area contributed by atoms with Crippen LogP contribution in [-0.4, -0.2) is 60.2 Å². The number of nitriles is 1. The molecule has 4 rings (SSSR count). The number of carbonyl (C=O) groups excluding carboxylic acids is 3. The van der Waals surface area contributed by atoms with Crippen molar-refractivity contribution < 1.29 is 40.7 Å². The summed E-state index contributed by atoms with van der Waals surface area (Å²) in [7, 11) is 0. The van der Waals surface area contributed by atoms with Gasteiger partial charge in [0.1, 0.15) is 0 Å². The number of rotatable bonds is 8. The van der Waals surface area contributed by atoms with E-state index in [9.17, 15) is 40.7 Å². The Morgan fingerprint density at radius 3 is 2.21 bits per heavy atom. The van der Waals surface area contributed by atoms with Gasteiger partial charge in [-0.25, -0.2) is 4.90 Å². The van der Waals surface area contributed by atoms with Gasteiger partial charge in [-0.05, 0) is 69.1 Å². The van der Waals surface area contributed by atoms with Gasteiger partial charge in [-0.15, -0.1) is 0 Å². The lowest BCUT2D eigenvalue weighted by atomic mass is 10.0. The molecule has 228 valence electrons. The van der Waals surface area contributed by atoms with E-state index in [1.165, 1.54) is 30.0 Å². The van der Waals surface area contributed by atoms with Gasteiger partial charge in [0.05, 0.1) is 28.4 Å². The molecule has 0 unspecified atom stereocenters. The predicted octanol–water partition coefficient (Wildman–Crippen LogP) is 5.80. The van der Waals surface area contributed by atoms with E-state index in [4.69, 9.17) is 5.26 Å². The number of alkyl halides is 6. The molecule has 2 heterocycles. The number of carbonyl (C=O) groups is 3. The number of amides is 3. The highest BCUT2D eigenvalue weighted by Crippen LogP contribution is 2.37. The van der Waals surface area contributed by atoms with Crippen molar-refractivity contribution >= 4 is 23.4 Å². The van der Waals surface area contributed by atoms with Crippen LogP contribution in [0.2, 0.25) is 0 Å². The summed E-state index contributed by atoms with van der Waals surface area (Å²) in [4.78, 5) is 42.9. The first-order valence-electron chi connectivity index (χ1n) is 13.6. The number of nitrogens with zero attached hydrogens (tertiary/aromatic N) is 4. The lowest BCUT2D eigenvalue weighted by Gasteiger charge is -2.34. The predicted molar refractivity (Wildman–Crippen MR) is 144 cm³/mol. The van der Waals surface area contributed by atoms with E-state index in [0.29, 0.717) is 56.5 Å². The number of hydrogen-bond donors (Lipinski definition) is 0. The number of halogens is 6. The Balaban J connectivity index is 1.24. The summed E-state index contributed by atoms with van der Waals surface area (Å²) in [6.07, 6.45) is -7.07. The first-order valence-corrected chi connectivity index (χ1v) is 13.6. The van der Waals surface area contributed by atoms with Crippen LogP contribution in [0.25, 0.3) is 0 Å². The summed E-state index contributed by atoms with van der Waals surface area (Å²) in [5.74, 6) is -1.83. The monoisotopic (exact) mass is 606 g/mol. The summed E-state index contributed by atoms with van der Waals surface area (Å²) in [5, 5.41) is 9.00. The molecule has 2 aromatic carbocycles. The standard InChI is InChI=1S/C30H28F6N4O3/c1-19-24(28(43)40(26(19)41)23-10-9-21(18-37)25(17-23)30(34,35)36)8-3-2-4-11-38-12-14-39(15-13-38)27(42)20-6-5-7-22(16-20)29(31,32)33/h5-7,9-10,16-17H,2-4,8,11-15H2,1H3. The summed E-state index contributed by atoms with van der Waals surface area (Å²) in [6, 6.07) is 8.55. The van der Waals surface area contributed by atoms with E-state index < -0.39 is 46.8 Å². The lowest BCUT2D eigenvalue weighted by Crippen LogP contribution is -2.48. The number of anilines is 1. The second kappa shape index (κ2) is 12.6. The van der Waals surface area contributed by atoms with Crippen LogP contribution in [-0.2, 0) is 21.9 Å². The molecule has 43 heavy (non-hydrogen) atoms. The zero-order valence-corrected chi connectivity index (χ0v) is 23.2. The second-order valence-corrected chi connectivity index (χ2v) is 10.4. The molecule has 2 aliphatic rings. The largest absolute Gasteiger partial charge is 0.417 e. The highest BCUT2D eigenvalue weighted by Gasteiger charge is 2.39. The van der Waals surface area contributed by atoms with Crippen molar-refractivity contribution in [3.63, 3.8) is 0 Å². The molecular weight excluding hydrogens is 578 g/mol. The Bertz CT molecular complexity index is 1480. The maximum Gasteiger partial charge on any atom is 0.417 e. The van der Waals surface area contributed by atoms with Crippen LogP contribution in [0.3, 0.4) is 0 Å². The Morgan fingerprint density at radius 2 is 1.58 bits per heavy atom. The molecule has 0 spiro atoms. The zero-order valence-electron chi connectivity index (χ0n) is 23.2. The molecule has 0 aromatic heterocycles. The first kappa shape index (κ1) is 31.7. The third kappa shape index (κ3) is 7.07. The molecule has 2 aromatic rings. The molecule has 0 N–H and O–H groups in total. The summed E-state index contributed by atoms with van der Waals surface area (Å²) in [6.45, 7) is 4.03. The molecule has 0 aliphatic carbocycles. The van der Waals surface area contributed by atoms with Gasteiger partial charge in [-0.2, -0.15) is 31.6 Å². The Kier molecular flexibility index (Phi) is 9.29.